The Balaban J connectivity index is 1.96. The lowest BCUT2D eigenvalue weighted by Crippen LogP contribution is -2.27. The predicted molar refractivity (Wildman–Crippen MR) is 57.9 cm³/mol. The highest BCUT2D eigenvalue weighted by Gasteiger charge is 2.20. The summed E-state index contributed by atoms with van der Waals surface area (Å²) < 4.78 is 5.09. The van der Waals surface area contributed by atoms with E-state index in [-0.39, 0.29) is 5.91 Å². The number of methoxy groups -OCH3 is 1. The second-order valence-corrected chi connectivity index (χ2v) is 3.86. The van der Waals surface area contributed by atoms with E-state index in [9.17, 15) is 4.79 Å². The second kappa shape index (κ2) is 4.34. The van der Waals surface area contributed by atoms with Crippen LogP contribution in [0.4, 0.5) is 0 Å². The van der Waals surface area contributed by atoms with Crippen molar-refractivity contribution in [2.24, 2.45) is 0 Å². The third-order valence-corrected chi connectivity index (χ3v) is 2.73. The Morgan fingerprint density at radius 1 is 1.40 bits per heavy atom. The van der Waals surface area contributed by atoms with Gasteiger partial charge in [-0.05, 0) is 30.5 Å². The van der Waals surface area contributed by atoms with E-state index in [1.165, 1.54) is 5.56 Å². The van der Waals surface area contributed by atoms with Crippen molar-refractivity contribution < 1.29 is 9.53 Å². The van der Waals surface area contributed by atoms with Crippen molar-refractivity contribution in [3.8, 4) is 5.75 Å². The van der Waals surface area contributed by atoms with Gasteiger partial charge in [-0.15, -0.1) is 0 Å². The van der Waals surface area contributed by atoms with Crippen molar-refractivity contribution in [3.05, 3.63) is 29.8 Å². The van der Waals surface area contributed by atoms with Gasteiger partial charge in [-0.2, -0.15) is 0 Å². The molecule has 1 atom stereocenters. The van der Waals surface area contributed by atoms with Crippen molar-refractivity contribution in [2.75, 3.05) is 7.11 Å². The largest absolute Gasteiger partial charge is 0.497 e. The topological polar surface area (TPSA) is 38.3 Å². The average molecular weight is 205 g/mol. The lowest BCUT2D eigenvalue weighted by Gasteiger charge is -2.09. The second-order valence-electron chi connectivity index (χ2n) is 3.86. The molecule has 0 aromatic heterocycles. The molecule has 0 saturated carbocycles. The normalized spacial score (nSPS) is 20.1. The lowest BCUT2D eigenvalue weighted by molar-refractivity contribution is -0.119. The number of nitrogens with one attached hydrogen (secondary N) is 1. The predicted octanol–water partition coefficient (Wildman–Crippen LogP) is 1.52. The molecule has 0 aliphatic carbocycles. The lowest BCUT2D eigenvalue weighted by atomic mass is 10.0. The fraction of sp³-hybridized carbons (Fsp3) is 0.417. The first-order valence-electron chi connectivity index (χ1n) is 5.20. The SMILES string of the molecule is COc1ccc(C[C@@H]2CCC(=O)N2)cc1. The molecule has 1 heterocycles. The van der Waals surface area contributed by atoms with Crippen molar-refractivity contribution in [2.45, 2.75) is 25.3 Å². The molecule has 3 nitrogen and oxygen atoms in total. The van der Waals surface area contributed by atoms with Crippen LogP contribution < -0.4 is 10.1 Å². The molecular formula is C12H15NO2. The summed E-state index contributed by atoms with van der Waals surface area (Å²) in [5, 5.41) is 2.96. The van der Waals surface area contributed by atoms with E-state index in [1.807, 2.05) is 24.3 Å². The van der Waals surface area contributed by atoms with Crippen LogP contribution in [0, 0.1) is 0 Å². The number of hydrogen-bond acceptors (Lipinski definition) is 2. The Kier molecular flexibility index (Phi) is 2.90. The molecule has 80 valence electrons. The summed E-state index contributed by atoms with van der Waals surface area (Å²) in [5.74, 6) is 1.04. The van der Waals surface area contributed by atoms with Gasteiger partial charge in [0.25, 0.3) is 0 Å². The van der Waals surface area contributed by atoms with E-state index >= 15 is 0 Å². The molecule has 2 rings (SSSR count). The molecule has 1 saturated heterocycles. The van der Waals surface area contributed by atoms with E-state index in [0.717, 1.165) is 18.6 Å². The Morgan fingerprint density at radius 2 is 2.13 bits per heavy atom. The molecule has 1 amide bonds. The van der Waals surface area contributed by atoms with Gasteiger partial charge in [0, 0.05) is 12.5 Å². The molecular weight excluding hydrogens is 190 g/mol. The maximum atomic E-state index is 11.0. The quantitative estimate of drug-likeness (QED) is 0.812. The summed E-state index contributed by atoms with van der Waals surface area (Å²) in [6.45, 7) is 0. The first-order chi connectivity index (χ1) is 7.28. The zero-order valence-electron chi connectivity index (χ0n) is 8.82. The number of hydrogen-bond donors (Lipinski definition) is 1. The maximum absolute atomic E-state index is 11.0. The van der Waals surface area contributed by atoms with E-state index in [2.05, 4.69) is 5.32 Å². The number of amides is 1. The third-order valence-electron chi connectivity index (χ3n) is 2.73. The molecule has 0 radical (unpaired) electrons. The minimum atomic E-state index is 0.175. The molecule has 1 fully saturated rings. The minimum Gasteiger partial charge on any atom is -0.497 e. The Labute approximate surface area is 89.4 Å². The number of rotatable bonds is 3. The summed E-state index contributed by atoms with van der Waals surface area (Å²) in [6, 6.07) is 8.30. The van der Waals surface area contributed by atoms with Crippen LogP contribution in [0.15, 0.2) is 24.3 Å². The summed E-state index contributed by atoms with van der Waals surface area (Å²) >= 11 is 0. The van der Waals surface area contributed by atoms with Gasteiger partial charge in [-0.3, -0.25) is 4.79 Å². The molecule has 1 aliphatic rings. The van der Waals surface area contributed by atoms with Gasteiger partial charge in [0.05, 0.1) is 7.11 Å². The van der Waals surface area contributed by atoms with Crippen LogP contribution >= 0.6 is 0 Å². The van der Waals surface area contributed by atoms with Crippen LogP contribution in [0.3, 0.4) is 0 Å². The van der Waals surface area contributed by atoms with Crippen LogP contribution in [0.5, 0.6) is 5.75 Å². The first kappa shape index (κ1) is 10.0. The number of carbonyl (C=O) groups is 1. The fourth-order valence-electron chi connectivity index (χ4n) is 1.88. The fourth-order valence-corrected chi connectivity index (χ4v) is 1.88. The zero-order valence-corrected chi connectivity index (χ0v) is 8.82. The summed E-state index contributed by atoms with van der Waals surface area (Å²) in [4.78, 5) is 11.0. The van der Waals surface area contributed by atoms with Gasteiger partial charge in [-0.1, -0.05) is 12.1 Å². The van der Waals surface area contributed by atoms with E-state index in [1.54, 1.807) is 7.11 Å². The monoisotopic (exact) mass is 205 g/mol. The molecule has 3 heteroatoms. The third kappa shape index (κ3) is 2.49. The molecule has 0 spiro atoms. The molecule has 1 aromatic carbocycles. The van der Waals surface area contributed by atoms with Crippen LogP contribution in [-0.4, -0.2) is 19.1 Å². The number of carbonyl (C=O) groups excluding carboxylic acids is 1. The smallest absolute Gasteiger partial charge is 0.220 e. The van der Waals surface area contributed by atoms with Crippen molar-refractivity contribution in [3.63, 3.8) is 0 Å². The molecule has 0 bridgehead atoms. The average Bonchev–Trinajstić information content (AvgIpc) is 2.65. The van der Waals surface area contributed by atoms with E-state index in [0.29, 0.717) is 12.5 Å². The standard InChI is InChI=1S/C12H15NO2/c1-15-11-5-2-9(3-6-11)8-10-4-7-12(14)13-10/h2-3,5-6,10H,4,7-8H2,1H3,(H,13,14)/t10-/m0/s1. The van der Waals surface area contributed by atoms with Gasteiger partial charge >= 0.3 is 0 Å². The van der Waals surface area contributed by atoms with Crippen molar-refractivity contribution in [1.29, 1.82) is 0 Å². The summed E-state index contributed by atoms with van der Waals surface area (Å²) in [5.41, 5.74) is 1.24. The first-order valence-corrected chi connectivity index (χ1v) is 5.20. The van der Waals surface area contributed by atoms with Crippen LogP contribution in [0.2, 0.25) is 0 Å². The highest BCUT2D eigenvalue weighted by Crippen LogP contribution is 2.16. The van der Waals surface area contributed by atoms with Gasteiger partial charge < -0.3 is 10.1 Å². The number of ether oxygens (including phenoxy) is 1. The van der Waals surface area contributed by atoms with Crippen LogP contribution in [0.25, 0.3) is 0 Å². The van der Waals surface area contributed by atoms with E-state index < -0.39 is 0 Å². The maximum Gasteiger partial charge on any atom is 0.220 e. The Morgan fingerprint density at radius 3 is 2.67 bits per heavy atom. The van der Waals surface area contributed by atoms with Gasteiger partial charge in [0.1, 0.15) is 5.75 Å². The van der Waals surface area contributed by atoms with Crippen molar-refractivity contribution in [1.82, 2.24) is 5.32 Å². The zero-order chi connectivity index (χ0) is 10.7. The molecule has 1 N–H and O–H groups in total. The summed E-state index contributed by atoms with van der Waals surface area (Å²) in [6.07, 6.45) is 2.53. The highest BCUT2D eigenvalue weighted by atomic mass is 16.5. The van der Waals surface area contributed by atoms with Crippen molar-refractivity contribution >= 4 is 5.91 Å². The Bertz CT molecular complexity index is 345. The van der Waals surface area contributed by atoms with Crippen LogP contribution in [0.1, 0.15) is 18.4 Å². The van der Waals surface area contributed by atoms with E-state index in [4.69, 9.17) is 4.74 Å². The minimum absolute atomic E-state index is 0.175. The molecule has 15 heavy (non-hydrogen) atoms. The number of benzene rings is 1. The van der Waals surface area contributed by atoms with Crippen LogP contribution in [-0.2, 0) is 11.2 Å². The summed E-state index contributed by atoms with van der Waals surface area (Å²) in [7, 11) is 1.66. The molecule has 1 aliphatic heterocycles. The Hall–Kier alpha value is -1.51. The highest BCUT2D eigenvalue weighted by molar-refractivity contribution is 5.78. The van der Waals surface area contributed by atoms with Gasteiger partial charge in [0.2, 0.25) is 5.91 Å². The van der Waals surface area contributed by atoms with Gasteiger partial charge in [-0.25, -0.2) is 0 Å². The molecule has 0 unspecified atom stereocenters. The molecule has 1 aromatic rings. The van der Waals surface area contributed by atoms with Gasteiger partial charge in [0.15, 0.2) is 0 Å².